The molecule has 2 aliphatic rings. The first-order chi connectivity index (χ1) is 16.2. The maximum Gasteiger partial charge on any atom is 0.410 e. The molecule has 5 rings (SSSR count). The predicted molar refractivity (Wildman–Crippen MR) is 128 cm³/mol. The number of nitrogens with zero attached hydrogens (tertiary/aromatic N) is 6. The van der Waals surface area contributed by atoms with Gasteiger partial charge in [-0.1, -0.05) is 12.1 Å². The van der Waals surface area contributed by atoms with E-state index in [1.165, 1.54) is 0 Å². The number of anilines is 1. The van der Waals surface area contributed by atoms with Gasteiger partial charge in [0, 0.05) is 37.8 Å². The number of fused-ring (bicyclic) bond motifs is 1. The van der Waals surface area contributed by atoms with Gasteiger partial charge in [-0.3, -0.25) is 9.58 Å². The lowest BCUT2D eigenvalue weighted by Gasteiger charge is -2.47. The standard InChI is InChI=1S/C24H31N7O3/c1-24(2,3)34-23(33)30-13-16(14-30)29-10-8-15(9-11-29)31-19-12-18(17-6-4-5-7-20(17)32)26-27-21(19)22(25)28-31/h4-7,12,15-16,32H,8-11,13-14H2,1-3H3,(H2,25,28). The number of amides is 1. The van der Waals surface area contributed by atoms with Crippen LogP contribution >= 0.6 is 0 Å². The molecule has 0 aliphatic carbocycles. The minimum atomic E-state index is -0.474. The Labute approximate surface area is 198 Å². The van der Waals surface area contributed by atoms with Crippen LogP contribution in [0.5, 0.6) is 5.75 Å². The van der Waals surface area contributed by atoms with Crippen molar-refractivity contribution < 1.29 is 14.6 Å². The third-order valence-electron chi connectivity index (χ3n) is 6.53. The van der Waals surface area contributed by atoms with Crippen LogP contribution in [-0.2, 0) is 4.74 Å². The number of likely N-dealkylation sites (tertiary alicyclic amines) is 2. The molecule has 0 atom stereocenters. The number of benzene rings is 1. The number of piperidine rings is 1. The van der Waals surface area contributed by atoms with Gasteiger partial charge in [-0.15, -0.1) is 10.2 Å². The molecule has 2 aromatic heterocycles. The van der Waals surface area contributed by atoms with Crippen LogP contribution in [0.25, 0.3) is 22.3 Å². The number of ether oxygens (including phenoxy) is 1. The van der Waals surface area contributed by atoms with Gasteiger partial charge in [-0.2, -0.15) is 5.10 Å². The number of phenols is 1. The Kier molecular flexibility index (Phi) is 5.55. The number of carbonyl (C=O) groups excluding carboxylic acids is 1. The molecule has 0 saturated carbocycles. The number of aromatic nitrogens is 4. The molecule has 10 heteroatoms. The van der Waals surface area contributed by atoms with Crippen molar-refractivity contribution in [3.63, 3.8) is 0 Å². The Balaban J connectivity index is 1.26. The van der Waals surface area contributed by atoms with Crippen LogP contribution < -0.4 is 5.73 Å². The number of hydrogen-bond acceptors (Lipinski definition) is 8. The van der Waals surface area contributed by atoms with E-state index in [-0.39, 0.29) is 17.9 Å². The molecule has 0 unspecified atom stereocenters. The molecule has 0 spiro atoms. The molecule has 1 aromatic carbocycles. The van der Waals surface area contributed by atoms with Crippen molar-refractivity contribution in [3.05, 3.63) is 30.3 Å². The van der Waals surface area contributed by atoms with Crippen LogP contribution in [0.1, 0.15) is 39.7 Å². The first kappa shape index (κ1) is 22.4. The fraction of sp³-hybridized carbons (Fsp3) is 0.500. The summed E-state index contributed by atoms with van der Waals surface area (Å²) >= 11 is 0. The van der Waals surface area contributed by atoms with E-state index in [4.69, 9.17) is 10.5 Å². The number of phenolic OH excluding ortho intramolecular Hbond substituents is 1. The maximum atomic E-state index is 12.2. The van der Waals surface area contributed by atoms with E-state index in [1.807, 2.05) is 43.7 Å². The molecule has 180 valence electrons. The number of nitrogen functional groups attached to an aromatic ring is 1. The van der Waals surface area contributed by atoms with Crippen LogP contribution in [0.2, 0.25) is 0 Å². The third kappa shape index (κ3) is 4.25. The van der Waals surface area contributed by atoms with E-state index in [2.05, 4.69) is 20.2 Å². The van der Waals surface area contributed by atoms with Crippen molar-refractivity contribution in [2.24, 2.45) is 0 Å². The number of carbonyl (C=O) groups is 1. The minimum Gasteiger partial charge on any atom is -0.507 e. The summed E-state index contributed by atoms with van der Waals surface area (Å²) in [5.41, 5.74) is 8.29. The summed E-state index contributed by atoms with van der Waals surface area (Å²) in [6.07, 6.45) is 1.61. The summed E-state index contributed by atoms with van der Waals surface area (Å²) in [6.45, 7) is 8.90. The van der Waals surface area contributed by atoms with Gasteiger partial charge in [0.1, 0.15) is 11.4 Å². The second-order valence-corrected chi connectivity index (χ2v) is 10.1. The molecule has 4 heterocycles. The second kappa shape index (κ2) is 8.43. The van der Waals surface area contributed by atoms with Crippen LogP contribution in [0.15, 0.2) is 30.3 Å². The van der Waals surface area contributed by atoms with Crippen molar-refractivity contribution in [3.8, 4) is 17.0 Å². The zero-order valence-corrected chi connectivity index (χ0v) is 19.8. The van der Waals surface area contributed by atoms with Crippen molar-refractivity contribution >= 4 is 22.9 Å². The first-order valence-electron chi connectivity index (χ1n) is 11.7. The number of rotatable bonds is 3. The molecule has 2 saturated heterocycles. The SMILES string of the molecule is CC(C)(C)OC(=O)N1CC(N2CCC(n3nc(N)c4nnc(-c5ccccc5O)cc43)CC2)C1. The summed E-state index contributed by atoms with van der Waals surface area (Å²) in [5.74, 6) is 0.519. The molecule has 2 aliphatic heterocycles. The van der Waals surface area contributed by atoms with Gasteiger partial charge in [-0.05, 0) is 51.8 Å². The summed E-state index contributed by atoms with van der Waals surface area (Å²) in [6, 6.07) is 9.53. The molecule has 3 aromatic rings. The van der Waals surface area contributed by atoms with Gasteiger partial charge in [0.25, 0.3) is 0 Å². The third-order valence-corrected chi connectivity index (χ3v) is 6.53. The quantitative estimate of drug-likeness (QED) is 0.605. The van der Waals surface area contributed by atoms with Gasteiger partial charge >= 0.3 is 6.09 Å². The van der Waals surface area contributed by atoms with E-state index < -0.39 is 5.60 Å². The lowest BCUT2D eigenvalue weighted by Crippen LogP contribution is -2.62. The predicted octanol–water partition coefficient (Wildman–Crippen LogP) is 3.04. The smallest absolute Gasteiger partial charge is 0.410 e. The summed E-state index contributed by atoms with van der Waals surface area (Å²) in [7, 11) is 0. The van der Waals surface area contributed by atoms with Crippen LogP contribution in [0, 0.1) is 0 Å². The zero-order valence-electron chi connectivity index (χ0n) is 19.8. The van der Waals surface area contributed by atoms with E-state index in [1.54, 1.807) is 17.0 Å². The van der Waals surface area contributed by atoms with Gasteiger partial charge in [0.15, 0.2) is 11.3 Å². The number of nitrogens with two attached hydrogens (primary N) is 1. The van der Waals surface area contributed by atoms with Gasteiger partial charge in [0.05, 0.1) is 17.3 Å². The maximum absolute atomic E-state index is 12.2. The van der Waals surface area contributed by atoms with Crippen molar-refractivity contribution in [1.82, 2.24) is 29.8 Å². The van der Waals surface area contributed by atoms with Gasteiger partial charge in [-0.25, -0.2) is 4.79 Å². The average molecular weight is 466 g/mol. The molecule has 34 heavy (non-hydrogen) atoms. The van der Waals surface area contributed by atoms with Crippen molar-refractivity contribution in [2.45, 2.75) is 51.3 Å². The Morgan fingerprint density at radius 1 is 1.12 bits per heavy atom. The second-order valence-electron chi connectivity index (χ2n) is 10.1. The van der Waals surface area contributed by atoms with Crippen LogP contribution in [0.4, 0.5) is 10.6 Å². The highest BCUT2D eigenvalue weighted by molar-refractivity contribution is 5.87. The Hall–Kier alpha value is -3.40. The molecule has 2 fully saturated rings. The number of para-hydroxylation sites is 1. The number of aromatic hydroxyl groups is 1. The molecule has 10 nitrogen and oxygen atoms in total. The van der Waals surface area contributed by atoms with E-state index >= 15 is 0 Å². The topological polar surface area (TPSA) is 123 Å². The highest BCUT2D eigenvalue weighted by Crippen LogP contribution is 2.33. The largest absolute Gasteiger partial charge is 0.507 e. The van der Waals surface area contributed by atoms with E-state index in [0.717, 1.165) is 31.4 Å². The molecule has 0 radical (unpaired) electrons. The van der Waals surface area contributed by atoms with Crippen LogP contribution in [-0.4, -0.2) is 78.8 Å². The molecule has 1 amide bonds. The molecule has 0 bridgehead atoms. The highest BCUT2D eigenvalue weighted by atomic mass is 16.6. The Morgan fingerprint density at radius 3 is 2.50 bits per heavy atom. The lowest BCUT2D eigenvalue weighted by atomic mass is 10.00. The number of hydrogen-bond donors (Lipinski definition) is 2. The Bertz CT molecular complexity index is 1200. The first-order valence-corrected chi connectivity index (χ1v) is 11.7. The normalized spacial score (nSPS) is 18.3. The molecular weight excluding hydrogens is 434 g/mol. The van der Waals surface area contributed by atoms with Gasteiger partial charge in [0.2, 0.25) is 0 Å². The highest BCUT2D eigenvalue weighted by Gasteiger charge is 2.38. The fourth-order valence-electron chi connectivity index (χ4n) is 4.71. The van der Waals surface area contributed by atoms with Crippen LogP contribution in [0.3, 0.4) is 0 Å². The average Bonchev–Trinajstić information content (AvgIpc) is 3.08. The fourth-order valence-corrected chi connectivity index (χ4v) is 4.71. The Morgan fingerprint density at radius 2 is 1.82 bits per heavy atom. The molecule has 3 N–H and O–H groups in total. The monoisotopic (exact) mass is 465 g/mol. The van der Waals surface area contributed by atoms with Crippen molar-refractivity contribution in [1.29, 1.82) is 0 Å². The minimum absolute atomic E-state index is 0.157. The van der Waals surface area contributed by atoms with E-state index in [9.17, 15) is 9.90 Å². The zero-order chi connectivity index (χ0) is 24.0. The summed E-state index contributed by atoms with van der Waals surface area (Å²) in [5, 5.41) is 23.4. The summed E-state index contributed by atoms with van der Waals surface area (Å²) in [4.78, 5) is 16.4. The van der Waals surface area contributed by atoms with Crippen molar-refractivity contribution in [2.75, 3.05) is 31.9 Å². The summed E-state index contributed by atoms with van der Waals surface area (Å²) < 4.78 is 7.43. The van der Waals surface area contributed by atoms with E-state index in [0.29, 0.717) is 41.7 Å². The van der Waals surface area contributed by atoms with Gasteiger partial charge < -0.3 is 20.5 Å². The molecular formula is C24H31N7O3. The lowest BCUT2D eigenvalue weighted by molar-refractivity contribution is -0.0213.